The maximum atomic E-state index is 13.8. The van der Waals surface area contributed by atoms with Crippen molar-refractivity contribution in [3.8, 4) is 0 Å². The van der Waals surface area contributed by atoms with Crippen molar-refractivity contribution in [2.45, 2.75) is 6.54 Å². The average Bonchev–Trinajstić information content (AvgIpc) is 2.65. The molecule has 0 unspecified atom stereocenters. The molecule has 0 saturated carbocycles. The normalized spacial score (nSPS) is 15.3. The van der Waals surface area contributed by atoms with Gasteiger partial charge in [-0.25, -0.2) is 4.39 Å². The summed E-state index contributed by atoms with van der Waals surface area (Å²) >= 11 is 4.70. The van der Waals surface area contributed by atoms with Gasteiger partial charge in [-0.05, 0) is 36.0 Å². The maximum absolute atomic E-state index is 13.8. The molecule has 3 N–H and O–H groups in total. The molecule has 0 spiro atoms. The molecule has 1 heterocycles. The van der Waals surface area contributed by atoms with Crippen LogP contribution in [0, 0.1) is 5.82 Å². The molecule has 0 atom stereocenters. The molecule has 0 amide bonds. The number of halogens is 1. The smallest absolute Gasteiger partial charge is 0.184 e. The number of rotatable bonds is 5. The molecule has 3 rings (SSSR count). The van der Waals surface area contributed by atoms with E-state index in [2.05, 4.69) is 32.5 Å². The molecule has 1 aliphatic rings. The molecule has 0 radical (unpaired) electrons. The average molecular weight is 371 g/mol. The molecule has 0 aliphatic carbocycles. The lowest BCUT2D eigenvalue weighted by Gasteiger charge is -2.36. The van der Waals surface area contributed by atoms with Crippen LogP contribution < -0.4 is 16.1 Å². The van der Waals surface area contributed by atoms with E-state index in [0.29, 0.717) is 6.54 Å². The lowest BCUT2D eigenvalue weighted by molar-refractivity contribution is 0.246. The Morgan fingerprint density at radius 1 is 1.12 bits per heavy atom. The molecule has 136 valence electrons. The second-order valence-electron chi connectivity index (χ2n) is 6.18. The summed E-state index contributed by atoms with van der Waals surface area (Å²) in [5.41, 5.74) is 10.8. The summed E-state index contributed by atoms with van der Waals surface area (Å²) in [5.74, 6) is -0.128. The lowest BCUT2D eigenvalue weighted by Crippen LogP contribution is -2.46. The van der Waals surface area contributed by atoms with Gasteiger partial charge in [0.05, 0.1) is 6.21 Å². The largest absolute Gasteiger partial charge is 0.375 e. The van der Waals surface area contributed by atoms with Crippen molar-refractivity contribution in [1.29, 1.82) is 0 Å². The van der Waals surface area contributed by atoms with Gasteiger partial charge in [-0.15, -0.1) is 0 Å². The number of thiocarbonyl (C=S) groups is 1. The van der Waals surface area contributed by atoms with Crippen molar-refractivity contribution >= 4 is 29.2 Å². The molecule has 2 aromatic rings. The van der Waals surface area contributed by atoms with Crippen LogP contribution in [0.4, 0.5) is 10.1 Å². The van der Waals surface area contributed by atoms with Gasteiger partial charge >= 0.3 is 0 Å². The quantitative estimate of drug-likeness (QED) is 0.480. The molecule has 1 saturated heterocycles. The molecule has 0 aromatic heterocycles. The summed E-state index contributed by atoms with van der Waals surface area (Å²) in [4.78, 5) is 4.63. The molecular weight excluding hydrogens is 349 g/mol. The van der Waals surface area contributed by atoms with E-state index in [1.807, 2.05) is 24.3 Å². The number of hydrogen-bond donors (Lipinski definition) is 2. The van der Waals surface area contributed by atoms with E-state index in [9.17, 15) is 4.39 Å². The van der Waals surface area contributed by atoms with E-state index >= 15 is 0 Å². The van der Waals surface area contributed by atoms with Crippen molar-refractivity contribution < 1.29 is 4.39 Å². The van der Waals surface area contributed by atoms with Crippen LogP contribution >= 0.6 is 12.2 Å². The van der Waals surface area contributed by atoms with Crippen LogP contribution in [0.15, 0.2) is 53.6 Å². The van der Waals surface area contributed by atoms with Gasteiger partial charge in [0.15, 0.2) is 5.11 Å². The van der Waals surface area contributed by atoms with Gasteiger partial charge in [-0.1, -0.05) is 30.3 Å². The Morgan fingerprint density at radius 2 is 1.81 bits per heavy atom. The van der Waals surface area contributed by atoms with E-state index in [0.717, 1.165) is 37.3 Å². The fourth-order valence-corrected chi connectivity index (χ4v) is 3.03. The fraction of sp³-hybridized carbons (Fsp3) is 0.263. The highest BCUT2D eigenvalue weighted by molar-refractivity contribution is 7.80. The van der Waals surface area contributed by atoms with Gasteiger partial charge in [0.25, 0.3) is 0 Å². The topological polar surface area (TPSA) is 56.9 Å². The first kappa shape index (κ1) is 18.3. The number of nitrogens with zero attached hydrogens (tertiary/aromatic N) is 3. The zero-order valence-electron chi connectivity index (χ0n) is 14.4. The Kier molecular flexibility index (Phi) is 6.14. The van der Waals surface area contributed by atoms with Crippen LogP contribution in [0.1, 0.15) is 11.1 Å². The molecule has 7 heteroatoms. The van der Waals surface area contributed by atoms with Gasteiger partial charge in [0.2, 0.25) is 0 Å². The number of anilines is 1. The highest BCUT2D eigenvalue weighted by Crippen LogP contribution is 2.18. The Balaban J connectivity index is 1.52. The minimum absolute atomic E-state index is 0.128. The first-order chi connectivity index (χ1) is 12.6. The number of nitrogens with one attached hydrogen (secondary N) is 1. The number of piperazine rings is 1. The first-order valence-corrected chi connectivity index (χ1v) is 8.92. The third kappa shape index (κ3) is 5.00. The third-order valence-corrected chi connectivity index (χ3v) is 4.46. The molecule has 5 nitrogen and oxygen atoms in total. The predicted octanol–water partition coefficient (Wildman–Crippen LogP) is 2.32. The van der Waals surface area contributed by atoms with Crippen LogP contribution in [0.5, 0.6) is 0 Å². The van der Waals surface area contributed by atoms with Gasteiger partial charge < -0.3 is 10.6 Å². The molecule has 1 aliphatic heterocycles. The summed E-state index contributed by atoms with van der Waals surface area (Å²) in [7, 11) is 0. The molecule has 1 fully saturated rings. The highest BCUT2D eigenvalue weighted by atomic mass is 32.1. The molecule has 26 heavy (non-hydrogen) atoms. The van der Waals surface area contributed by atoms with E-state index < -0.39 is 0 Å². The van der Waals surface area contributed by atoms with Crippen molar-refractivity contribution in [2.24, 2.45) is 10.8 Å². The summed E-state index contributed by atoms with van der Waals surface area (Å²) in [6.45, 7) is 4.33. The van der Waals surface area contributed by atoms with Crippen molar-refractivity contribution in [3.63, 3.8) is 0 Å². The standard InChI is InChI=1S/C19H22FN5S/c20-18-4-2-1-3-16(18)14-24-9-11-25(12-10-24)17-7-5-15(6-8-17)13-22-23-19(21)26/h1-8,13H,9-12,14H2,(H3,21,23,26). The number of nitrogens with two attached hydrogens (primary N) is 1. The molecule has 0 bridgehead atoms. The Bertz CT molecular complexity index is 770. The van der Waals surface area contributed by atoms with Gasteiger partial charge in [-0.2, -0.15) is 5.10 Å². The minimum atomic E-state index is -0.128. The first-order valence-electron chi connectivity index (χ1n) is 8.51. The number of benzene rings is 2. The Morgan fingerprint density at radius 3 is 2.46 bits per heavy atom. The summed E-state index contributed by atoms with van der Waals surface area (Å²) in [6.07, 6.45) is 1.68. The summed E-state index contributed by atoms with van der Waals surface area (Å²) < 4.78 is 13.8. The van der Waals surface area contributed by atoms with Crippen molar-refractivity contribution in [2.75, 3.05) is 31.1 Å². The van der Waals surface area contributed by atoms with Gasteiger partial charge in [0.1, 0.15) is 5.82 Å². The van der Waals surface area contributed by atoms with Crippen molar-refractivity contribution in [3.05, 3.63) is 65.5 Å². The summed E-state index contributed by atoms with van der Waals surface area (Å²) in [6, 6.07) is 15.2. The van der Waals surface area contributed by atoms with E-state index in [1.165, 1.54) is 11.8 Å². The van der Waals surface area contributed by atoms with Gasteiger partial charge in [0, 0.05) is 44.0 Å². The SMILES string of the molecule is NC(=S)NN=Cc1ccc(N2CCN(Cc3ccccc3F)CC2)cc1. The second-order valence-corrected chi connectivity index (χ2v) is 6.62. The molecular formula is C19H22FN5S. The zero-order chi connectivity index (χ0) is 18.4. The van der Waals surface area contributed by atoms with Crippen LogP contribution in [0.2, 0.25) is 0 Å². The lowest BCUT2D eigenvalue weighted by atomic mass is 10.1. The predicted molar refractivity (Wildman–Crippen MR) is 108 cm³/mol. The molecule has 2 aromatic carbocycles. The van der Waals surface area contributed by atoms with Crippen molar-refractivity contribution in [1.82, 2.24) is 10.3 Å². The third-order valence-electron chi connectivity index (χ3n) is 4.37. The second kappa shape index (κ2) is 8.73. The zero-order valence-corrected chi connectivity index (χ0v) is 15.3. The van der Waals surface area contributed by atoms with E-state index in [4.69, 9.17) is 18.0 Å². The number of hydrazone groups is 1. The summed E-state index contributed by atoms with van der Waals surface area (Å²) in [5, 5.41) is 4.09. The monoisotopic (exact) mass is 371 g/mol. The number of hydrogen-bond acceptors (Lipinski definition) is 4. The van der Waals surface area contributed by atoms with E-state index in [-0.39, 0.29) is 10.9 Å². The van der Waals surface area contributed by atoms with Crippen LogP contribution in [0.25, 0.3) is 0 Å². The Labute approximate surface area is 158 Å². The van der Waals surface area contributed by atoms with Crippen LogP contribution in [-0.4, -0.2) is 42.4 Å². The van der Waals surface area contributed by atoms with Crippen LogP contribution in [-0.2, 0) is 6.54 Å². The highest BCUT2D eigenvalue weighted by Gasteiger charge is 2.18. The van der Waals surface area contributed by atoms with Crippen LogP contribution in [0.3, 0.4) is 0 Å². The maximum Gasteiger partial charge on any atom is 0.184 e. The van der Waals surface area contributed by atoms with Gasteiger partial charge in [-0.3, -0.25) is 10.3 Å². The Hall–Kier alpha value is -2.51. The minimum Gasteiger partial charge on any atom is -0.375 e. The van der Waals surface area contributed by atoms with E-state index in [1.54, 1.807) is 12.3 Å². The fourth-order valence-electron chi connectivity index (χ4n) is 2.97.